The second kappa shape index (κ2) is 10.3. The van der Waals surface area contributed by atoms with E-state index in [9.17, 15) is 14.7 Å². The normalized spacial score (nSPS) is 16.2. The third-order valence-corrected chi connectivity index (χ3v) is 4.21. The zero-order valence-corrected chi connectivity index (χ0v) is 16.9. The van der Waals surface area contributed by atoms with Crippen molar-refractivity contribution in [2.75, 3.05) is 39.4 Å². The van der Waals surface area contributed by atoms with Gasteiger partial charge in [0.1, 0.15) is 17.4 Å². The van der Waals surface area contributed by atoms with E-state index >= 15 is 0 Å². The average molecular weight is 393 g/mol. The third-order valence-electron chi connectivity index (χ3n) is 4.21. The number of aromatic hydroxyl groups is 1. The molecule has 3 N–H and O–H groups in total. The second-order valence-electron chi connectivity index (χ2n) is 7.81. The molecule has 8 nitrogen and oxygen atoms in total. The number of benzene rings is 1. The molecule has 2 amide bonds. The average Bonchev–Trinajstić information content (AvgIpc) is 2.62. The molecule has 28 heavy (non-hydrogen) atoms. The first-order valence-electron chi connectivity index (χ1n) is 9.58. The zero-order valence-electron chi connectivity index (χ0n) is 16.9. The van der Waals surface area contributed by atoms with Crippen molar-refractivity contribution in [1.82, 2.24) is 15.5 Å². The number of morpholine rings is 1. The van der Waals surface area contributed by atoms with E-state index in [-0.39, 0.29) is 11.7 Å². The first-order chi connectivity index (χ1) is 13.2. The predicted octanol–water partition coefficient (Wildman–Crippen LogP) is 1.28. The monoisotopic (exact) mass is 393 g/mol. The molecule has 1 fully saturated rings. The largest absolute Gasteiger partial charge is 0.508 e. The van der Waals surface area contributed by atoms with Crippen LogP contribution in [0.3, 0.4) is 0 Å². The van der Waals surface area contributed by atoms with Crippen LogP contribution in [-0.2, 0) is 20.7 Å². The molecule has 1 saturated heterocycles. The Morgan fingerprint density at radius 2 is 1.86 bits per heavy atom. The van der Waals surface area contributed by atoms with Gasteiger partial charge < -0.3 is 25.2 Å². The first kappa shape index (κ1) is 22.0. The number of hydrogen-bond donors (Lipinski definition) is 3. The van der Waals surface area contributed by atoms with Crippen LogP contribution in [-0.4, -0.2) is 73.0 Å². The number of phenols is 1. The molecular weight excluding hydrogens is 362 g/mol. The minimum Gasteiger partial charge on any atom is -0.508 e. The van der Waals surface area contributed by atoms with Crippen molar-refractivity contribution in [2.24, 2.45) is 0 Å². The highest BCUT2D eigenvalue weighted by Gasteiger charge is 2.24. The van der Waals surface area contributed by atoms with Crippen LogP contribution in [0.25, 0.3) is 0 Å². The molecule has 2 rings (SSSR count). The summed E-state index contributed by atoms with van der Waals surface area (Å²) in [5.41, 5.74) is 0.169. The predicted molar refractivity (Wildman–Crippen MR) is 105 cm³/mol. The van der Waals surface area contributed by atoms with E-state index in [1.807, 2.05) is 0 Å². The van der Waals surface area contributed by atoms with Crippen LogP contribution >= 0.6 is 0 Å². The van der Waals surface area contributed by atoms with Gasteiger partial charge in [-0.2, -0.15) is 0 Å². The fraction of sp³-hybridized carbons (Fsp3) is 0.600. The van der Waals surface area contributed by atoms with Crippen molar-refractivity contribution in [3.8, 4) is 5.75 Å². The fourth-order valence-corrected chi connectivity index (χ4v) is 2.81. The summed E-state index contributed by atoms with van der Waals surface area (Å²) in [6, 6.07) is 5.77. The molecule has 0 unspecified atom stereocenters. The van der Waals surface area contributed by atoms with Gasteiger partial charge in [-0.05, 0) is 38.5 Å². The van der Waals surface area contributed by atoms with Crippen LogP contribution in [0, 0.1) is 0 Å². The number of carbonyl (C=O) groups excluding carboxylic acids is 2. The number of nitrogens with one attached hydrogen (secondary N) is 2. The lowest BCUT2D eigenvalue weighted by atomic mass is 10.1. The quantitative estimate of drug-likeness (QED) is 0.645. The lowest BCUT2D eigenvalue weighted by molar-refractivity contribution is -0.123. The molecule has 0 aliphatic carbocycles. The van der Waals surface area contributed by atoms with Crippen LogP contribution in [0.15, 0.2) is 24.3 Å². The summed E-state index contributed by atoms with van der Waals surface area (Å²) in [5, 5.41) is 15.0. The topological polar surface area (TPSA) is 100 Å². The summed E-state index contributed by atoms with van der Waals surface area (Å²) in [5.74, 6) is -0.123. The summed E-state index contributed by atoms with van der Waals surface area (Å²) >= 11 is 0. The summed E-state index contributed by atoms with van der Waals surface area (Å²) in [7, 11) is 0. The van der Waals surface area contributed by atoms with Gasteiger partial charge in [0.25, 0.3) is 0 Å². The maximum absolute atomic E-state index is 12.7. The molecule has 1 atom stereocenters. The number of carbonyl (C=O) groups is 2. The Balaban J connectivity index is 1.93. The van der Waals surface area contributed by atoms with Crippen molar-refractivity contribution in [2.45, 2.75) is 38.8 Å². The van der Waals surface area contributed by atoms with Crippen molar-refractivity contribution in [3.05, 3.63) is 29.8 Å². The van der Waals surface area contributed by atoms with Gasteiger partial charge in [0, 0.05) is 32.6 Å². The molecule has 1 aromatic carbocycles. The summed E-state index contributed by atoms with van der Waals surface area (Å²) in [6.45, 7) is 9.63. The van der Waals surface area contributed by atoms with Gasteiger partial charge in [-0.1, -0.05) is 12.1 Å². The standard InChI is InChI=1S/C20H31N3O5/c1-20(2,3)28-19(26)22-17(14-15-4-6-16(24)7-5-15)18(25)21-8-9-23-10-12-27-13-11-23/h4-7,17,24H,8-14H2,1-3H3,(H,21,25)(H,22,26)/t17-/m0/s1. The number of amides is 2. The van der Waals surface area contributed by atoms with Crippen LogP contribution < -0.4 is 10.6 Å². The molecule has 8 heteroatoms. The van der Waals surface area contributed by atoms with Gasteiger partial charge in [0.05, 0.1) is 13.2 Å². The van der Waals surface area contributed by atoms with Crippen molar-refractivity contribution < 1.29 is 24.2 Å². The first-order valence-corrected chi connectivity index (χ1v) is 9.58. The van der Waals surface area contributed by atoms with Crippen LogP contribution in [0.2, 0.25) is 0 Å². The van der Waals surface area contributed by atoms with E-state index in [1.165, 1.54) is 0 Å². The minimum absolute atomic E-state index is 0.148. The highest BCUT2D eigenvalue weighted by atomic mass is 16.6. The third kappa shape index (κ3) is 8.14. The Morgan fingerprint density at radius 3 is 2.46 bits per heavy atom. The number of rotatable bonds is 7. The Kier molecular flexibility index (Phi) is 8.07. The van der Waals surface area contributed by atoms with E-state index in [0.717, 1.165) is 25.2 Å². The highest BCUT2D eigenvalue weighted by Crippen LogP contribution is 2.12. The summed E-state index contributed by atoms with van der Waals surface area (Å²) in [4.78, 5) is 27.1. The molecule has 1 aromatic rings. The van der Waals surface area contributed by atoms with Crippen molar-refractivity contribution in [1.29, 1.82) is 0 Å². The molecule has 1 aliphatic heterocycles. The van der Waals surface area contributed by atoms with Gasteiger partial charge in [-0.3, -0.25) is 9.69 Å². The van der Waals surface area contributed by atoms with Gasteiger partial charge in [0.2, 0.25) is 5.91 Å². The number of hydrogen-bond acceptors (Lipinski definition) is 6. The molecule has 0 saturated carbocycles. The van der Waals surface area contributed by atoms with Crippen LogP contribution in [0.5, 0.6) is 5.75 Å². The molecule has 0 bridgehead atoms. The van der Waals surface area contributed by atoms with E-state index in [4.69, 9.17) is 9.47 Å². The molecular formula is C20H31N3O5. The van der Waals surface area contributed by atoms with Crippen molar-refractivity contribution in [3.63, 3.8) is 0 Å². The van der Waals surface area contributed by atoms with Gasteiger partial charge in [-0.15, -0.1) is 0 Å². The Morgan fingerprint density at radius 1 is 1.21 bits per heavy atom. The summed E-state index contributed by atoms with van der Waals surface area (Å²) in [6.07, 6.45) is -0.345. The highest BCUT2D eigenvalue weighted by molar-refractivity contribution is 5.86. The Hall–Kier alpha value is -2.32. The van der Waals surface area contributed by atoms with E-state index in [2.05, 4.69) is 15.5 Å². The molecule has 0 aromatic heterocycles. The lowest BCUT2D eigenvalue weighted by Gasteiger charge is -2.27. The van der Waals surface area contributed by atoms with Gasteiger partial charge >= 0.3 is 6.09 Å². The number of alkyl carbamates (subject to hydrolysis) is 1. The van der Waals surface area contributed by atoms with E-state index in [0.29, 0.717) is 26.2 Å². The van der Waals surface area contributed by atoms with E-state index in [1.54, 1.807) is 45.0 Å². The second-order valence-corrected chi connectivity index (χ2v) is 7.81. The van der Waals surface area contributed by atoms with E-state index < -0.39 is 17.7 Å². The molecule has 0 spiro atoms. The van der Waals surface area contributed by atoms with Crippen molar-refractivity contribution >= 4 is 12.0 Å². The van der Waals surface area contributed by atoms with Crippen LogP contribution in [0.4, 0.5) is 4.79 Å². The zero-order chi connectivity index (χ0) is 20.6. The number of ether oxygens (including phenoxy) is 2. The van der Waals surface area contributed by atoms with Gasteiger partial charge in [0.15, 0.2) is 0 Å². The molecule has 156 valence electrons. The maximum Gasteiger partial charge on any atom is 0.408 e. The number of phenolic OH excluding ortho intramolecular Hbond substituents is 1. The minimum atomic E-state index is -0.774. The van der Waals surface area contributed by atoms with Gasteiger partial charge in [-0.25, -0.2) is 4.79 Å². The molecule has 1 heterocycles. The lowest BCUT2D eigenvalue weighted by Crippen LogP contribution is -2.50. The number of nitrogens with zero attached hydrogens (tertiary/aromatic N) is 1. The Bertz CT molecular complexity index is 636. The molecule has 1 aliphatic rings. The molecule has 0 radical (unpaired) electrons. The Labute approximate surface area is 166 Å². The SMILES string of the molecule is CC(C)(C)OC(=O)N[C@@H](Cc1ccc(O)cc1)C(=O)NCCN1CCOCC1. The van der Waals surface area contributed by atoms with Crippen LogP contribution in [0.1, 0.15) is 26.3 Å². The summed E-state index contributed by atoms with van der Waals surface area (Å²) < 4.78 is 10.6. The maximum atomic E-state index is 12.7. The fourth-order valence-electron chi connectivity index (χ4n) is 2.81. The smallest absolute Gasteiger partial charge is 0.408 e.